The van der Waals surface area contributed by atoms with Crippen molar-refractivity contribution in [3.05, 3.63) is 54.9 Å². The molecular formula is C20H24N2O4. The van der Waals surface area contributed by atoms with E-state index in [2.05, 4.69) is 0 Å². The lowest BCUT2D eigenvalue weighted by Gasteiger charge is -2.41. The number of hydrogen-bond acceptors (Lipinski definition) is 3. The Morgan fingerprint density at radius 3 is 2.15 bits per heavy atom. The van der Waals surface area contributed by atoms with Gasteiger partial charge in [-0.1, -0.05) is 18.2 Å². The summed E-state index contributed by atoms with van der Waals surface area (Å²) in [6.07, 6.45) is 4.24. The molecular weight excluding hydrogens is 332 g/mol. The van der Waals surface area contributed by atoms with Crippen LogP contribution in [0.2, 0.25) is 0 Å². The van der Waals surface area contributed by atoms with E-state index in [0.29, 0.717) is 18.8 Å². The fourth-order valence-electron chi connectivity index (χ4n) is 3.35. The van der Waals surface area contributed by atoms with Gasteiger partial charge >= 0.3 is 5.97 Å². The minimum Gasteiger partial charge on any atom is -0.478 e. The van der Waals surface area contributed by atoms with Crippen LogP contribution in [-0.4, -0.2) is 45.1 Å². The normalized spacial score (nSPS) is 16.9. The Morgan fingerprint density at radius 2 is 1.62 bits per heavy atom. The zero-order valence-electron chi connectivity index (χ0n) is 15.1. The van der Waals surface area contributed by atoms with Crippen molar-refractivity contribution in [1.82, 2.24) is 9.47 Å². The molecule has 1 aromatic heterocycles. The van der Waals surface area contributed by atoms with Crippen LogP contribution in [0, 0.1) is 0 Å². The van der Waals surface area contributed by atoms with Gasteiger partial charge in [0.15, 0.2) is 0 Å². The first kappa shape index (κ1) is 18.0. The Labute approximate surface area is 153 Å². The van der Waals surface area contributed by atoms with Gasteiger partial charge in [0.1, 0.15) is 11.3 Å². The summed E-state index contributed by atoms with van der Waals surface area (Å²) in [6, 6.07) is 12.7. The number of carboxylic acids is 1. The third-order valence-corrected chi connectivity index (χ3v) is 5.08. The summed E-state index contributed by atoms with van der Waals surface area (Å²) < 4.78 is 7.72. The molecule has 1 fully saturated rings. The number of ether oxygens (including phenoxy) is 1. The number of para-hydroxylation sites is 1. The molecule has 138 valence electrons. The van der Waals surface area contributed by atoms with E-state index in [9.17, 15) is 14.7 Å². The maximum absolute atomic E-state index is 13.0. The van der Waals surface area contributed by atoms with Crippen LogP contribution in [0.1, 0.15) is 26.7 Å². The van der Waals surface area contributed by atoms with Gasteiger partial charge in [-0.05, 0) is 38.1 Å². The molecule has 0 unspecified atom stereocenters. The number of aromatic nitrogens is 1. The third kappa shape index (κ3) is 3.31. The van der Waals surface area contributed by atoms with Crippen molar-refractivity contribution in [1.29, 1.82) is 0 Å². The summed E-state index contributed by atoms with van der Waals surface area (Å²) in [5.41, 5.74) is -2.01. The molecule has 6 heteroatoms. The molecule has 2 heterocycles. The smallest absolute Gasteiger partial charge is 0.348 e. The average molecular weight is 356 g/mol. The van der Waals surface area contributed by atoms with Gasteiger partial charge in [0.05, 0.1) is 0 Å². The van der Waals surface area contributed by atoms with Gasteiger partial charge in [0, 0.05) is 38.3 Å². The Hall–Kier alpha value is -2.76. The Balaban J connectivity index is 1.72. The maximum atomic E-state index is 13.0. The average Bonchev–Trinajstić information content (AvgIpc) is 3.18. The second-order valence-corrected chi connectivity index (χ2v) is 7.16. The number of aliphatic carboxylic acids is 1. The third-order valence-electron chi connectivity index (χ3n) is 5.08. The van der Waals surface area contributed by atoms with Crippen LogP contribution in [0.15, 0.2) is 54.9 Å². The maximum Gasteiger partial charge on any atom is 0.348 e. The molecule has 1 aliphatic heterocycles. The standard InChI is InChI=1S/C20H24N2O4/c1-19(2,22-12-6-7-13-22)17(23)21-14-10-20(11-15-21,18(24)25)26-16-8-4-3-5-9-16/h3-9,12-13H,10-11,14-15H2,1-2H3,(H,24,25). The van der Waals surface area contributed by atoms with Crippen LogP contribution in [0.4, 0.5) is 0 Å². The van der Waals surface area contributed by atoms with Crippen LogP contribution in [0.3, 0.4) is 0 Å². The molecule has 0 bridgehead atoms. The van der Waals surface area contributed by atoms with E-state index in [0.717, 1.165) is 0 Å². The summed E-state index contributed by atoms with van der Waals surface area (Å²) in [5, 5.41) is 9.75. The second-order valence-electron chi connectivity index (χ2n) is 7.16. The van der Waals surface area contributed by atoms with Gasteiger partial charge in [-0.2, -0.15) is 0 Å². The molecule has 1 aromatic carbocycles. The highest BCUT2D eigenvalue weighted by Gasteiger charge is 2.46. The topological polar surface area (TPSA) is 71.8 Å². The van der Waals surface area contributed by atoms with Crippen molar-refractivity contribution in [3.63, 3.8) is 0 Å². The van der Waals surface area contributed by atoms with E-state index >= 15 is 0 Å². The van der Waals surface area contributed by atoms with E-state index < -0.39 is 17.1 Å². The second kappa shape index (κ2) is 6.86. The van der Waals surface area contributed by atoms with Crippen molar-refractivity contribution in [2.45, 2.75) is 37.8 Å². The number of likely N-dealkylation sites (tertiary alicyclic amines) is 1. The molecule has 0 spiro atoms. The van der Waals surface area contributed by atoms with Crippen LogP contribution in [-0.2, 0) is 15.1 Å². The monoisotopic (exact) mass is 356 g/mol. The minimum atomic E-state index is -1.30. The Morgan fingerprint density at radius 1 is 1.04 bits per heavy atom. The Kier molecular flexibility index (Phi) is 4.76. The molecule has 0 radical (unpaired) electrons. The minimum absolute atomic E-state index is 0.0209. The van der Waals surface area contributed by atoms with E-state index in [-0.39, 0.29) is 18.7 Å². The molecule has 6 nitrogen and oxygen atoms in total. The number of hydrogen-bond donors (Lipinski definition) is 1. The van der Waals surface area contributed by atoms with E-state index in [1.165, 1.54) is 0 Å². The van der Waals surface area contributed by atoms with Gasteiger partial charge < -0.3 is 19.3 Å². The highest BCUT2D eigenvalue weighted by atomic mass is 16.5. The van der Waals surface area contributed by atoms with E-state index in [4.69, 9.17) is 4.74 Å². The highest BCUT2D eigenvalue weighted by molar-refractivity contribution is 5.85. The number of benzene rings is 1. The van der Waals surface area contributed by atoms with Crippen molar-refractivity contribution in [2.75, 3.05) is 13.1 Å². The summed E-state index contributed by atoms with van der Waals surface area (Å²) in [6.45, 7) is 4.44. The van der Waals surface area contributed by atoms with E-state index in [1.807, 2.05) is 61.1 Å². The molecule has 1 amide bonds. The summed E-state index contributed by atoms with van der Waals surface area (Å²) in [5.74, 6) is -0.479. The Bertz CT molecular complexity index is 760. The first-order valence-corrected chi connectivity index (χ1v) is 8.75. The number of carbonyl (C=O) groups excluding carboxylic acids is 1. The van der Waals surface area contributed by atoms with Crippen LogP contribution < -0.4 is 4.74 Å². The predicted molar refractivity (Wildman–Crippen MR) is 97.0 cm³/mol. The summed E-state index contributed by atoms with van der Waals surface area (Å²) >= 11 is 0. The predicted octanol–water partition coefficient (Wildman–Crippen LogP) is 2.75. The van der Waals surface area contributed by atoms with Gasteiger partial charge in [0.2, 0.25) is 11.5 Å². The van der Waals surface area contributed by atoms with Crippen LogP contribution >= 0.6 is 0 Å². The van der Waals surface area contributed by atoms with Crippen molar-refractivity contribution in [3.8, 4) is 5.75 Å². The quantitative estimate of drug-likeness (QED) is 0.894. The SMILES string of the molecule is CC(C)(C(=O)N1CCC(Oc2ccccc2)(C(=O)O)CC1)n1cccc1. The van der Waals surface area contributed by atoms with E-state index in [1.54, 1.807) is 17.0 Å². The summed E-state index contributed by atoms with van der Waals surface area (Å²) in [4.78, 5) is 26.6. The first-order chi connectivity index (χ1) is 12.3. The molecule has 0 saturated carbocycles. The molecule has 0 atom stereocenters. The molecule has 0 aliphatic carbocycles. The molecule has 1 N–H and O–H groups in total. The molecule has 3 rings (SSSR count). The number of nitrogens with zero attached hydrogens (tertiary/aromatic N) is 2. The van der Waals surface area contributed by atoms with Crippen molar-refractivity contribution < 1.29 is 19.4 Å². The highest BCUT2D eigenvalue weighted by Crippen LogP contribution is 2.31. The number of amides is 1. The fraction of sp³-hybridized carbons (Fsp3) is 0.400. The lowest BCUT2D eigenvalue weighted by molar-refractivity contribution is -0.163. The number of rotatable bonds is 5. The largest absolute Gasteiger partial charge is 0.478 e. The lowest BCUT2D eigenvalue weighted by atomic mass is 9.89. The molecule has 2 aromatic rings. The summed E-state index contributed by atoms with van der Waals surface area (Å²) in [7, 11) is 0. The van der Waals surface area contributed by atoms with Gasteiger partial charge in [-0.3, -0.25) is 4.79 Å². The number of carbonyl (C=O) groups is 2. The fourth-order valence-corrected chi connectivity index (χ4v) is 3.35. The van der Waals surface area contributed by atoms with Gasteiger partial charge in [-0.25, -0.2) is 4.79 Å². The van der Waals surface area contributed by atoms with Crippen molar-refractivity contribution >= 4 is 11.9 Å². The van der Waals surface area contributed by atoms with Crippen LogP contribution in [0.25, 0.3) is 0 Å². The zero-order valence-corrected chi connectivity index (χ0v) is 15.1. The number of piperidine rings is 1. The zero-order chi connectivity index (χ0) is 18.8. The number of carboxylic acid groups (broad SMARTS) is 1. The van der Waals surface area contributed by atoms with Crippen LogP contribution in [0.5, 0.6) is 5.75 Å². The van der Waals surface area contributed by atoms with Gasteiger partial charge in [0.25, 0.3) is 0 Å². The first-order valence-electron chi connectivity index (χ1n) is 8.75. The van der Waals surface area contributed by atoms with Crippen molar-refractivity contribution in [2.24, 2.45) is 0 Å². The molecule has 1 aliphatic rings. The molecule has 26 heavy (non-hydrogen) atoms. The lowest BCUT2D eigenvalue weighted by Crippen LogP contribution is -2.57. The molecule has 1 saturated heterocycles. The van der Waals surface area contributed by atoms with Gasteiger partial charge in [-0.15, -0.1) is 0 Å².